The molecule has 2 aliphatic rings. The van der Waals surface area contributed by atoms with Crippen molar-refractivity contribution in [3.63, 3.8) is 0 Å². The predicted octanol–water partition coefficient (Wildman–Crippen LogP) is 2.74. The first-order valence-electron chi connectivity index (χ1n) is 9.52. The van der Waals surface area contributed by atoms with Gasteiger partial charge in [-0.1, -0.05) is 12.8 Å². The lowest BCUT2D eigenvalue weighted by Gasteiger charge is -2.32. The SMILES string of the molecule is CN(C)C(=O)CC1CCN(c2cncc(OCC3CCCC3)n2)CC1. The highest BCUT2D eigenvalue weighted by molar-refractivity contribution is 5.75. The summed E-state index contributed by atoms with van der Waals surface area (Å²) in [6.45, 7) is 2.60. The predicted molar refractivity (Wildman–Crippen MR) is 97.7 cm³/mol. The molecule has 0 spiro atoms. The van der Waals surface area contributed by atoms with Crippen molar-refractivity contribution in [2.45, 2.75) is 44.9 Å². The molecule has 0 aromatic carbocycles. The second kappa shape index (κ2) is 8.50. The molecule has 6 heteroatoms. The number of hydrogen-bond donors (Lipinski definition) is 0. The Labute approximate surface area is 150 Å². The highest BCUT2D eigenvalue weighted by Gasteiger charge is 2.23. The van der Waals surface area contributed by atoms with E-state index in [0.717, 1.165) is 38.4 Å². The molecule has 2 heterocycles. The third-order valence-corrected chi connectivity index (χ3v) is 5.44. The molecule has 0 unspecified atom stereocenters. The van der Waals surface area contributed by atoms with Crippen LogP contribution in [0.2, 0.25) is 0 Å². The van der Waals surface area contributed by atoms with Crippen molar-refractivity contribution in [2.75, 3.05) is 38.7 Å². The van der Waals surface area contributed by atoms with Crippen molar-refractivity contribution < 1.29 is 9.53 Å². The molecular weight excluding hydrogens is 316 g/mol. The minimum atomic E-state index is 0.223. The Kier molecular flexibility index (Phi) is 6.10. The second-order valence-corrected chi connectivity index (χ2v) is 7.60. The van der Waals surface area contributed by atoms with Crippen molar-refractivity contribution in [1.82, 2.24) is 14.9 Å². The molecule has 0 radical (unpaired) electrons. The Morgan fingerprint density at radius 1 is 1.16 bits per heavy atom. The zero-order chi connectivity index (χ0) is 17.6. The summed E-state index contributed by atoms with van der Waals surface area (Å²) in [7, 11) is 3.65. The van der Waals surface area contributed by atoms with E-state index in [1.165, 1.54) is 25.7 Å². The lowest BCUT2D eigenvalue weighted by molar-refractivity contribution is -0.129. The maximum absolute atomic E-state index is 11.9. The van der Waals surface area contributed by atoms with E-state index in [0.29, 0.717) is 24.1 Å². The van der Waals surface area contributed by atoms with Crippen LogP contribution in [0.3, 0.4) is 0 Å². The molecule has 25 heavy (non-hydrogen) atoms. The van der Waals surface area contributed by atoms with Crippen LogP contribution in [-0.4, -0.2) is 54.6 Å². The van der Waals surface area contributed by atoms with Gasteiger partial charge in [0.1, 0.15) is 0 Å². The fourth-order valence-electron chi connectivity index (χ4n) is 3.74. The van der Waals surface area contributed by atoms with Gasteiger partial charge in [-0.2, -0.15) is 4.98 Å². The molecule has 6 nitrogen and oxygen atoms in total. The number of ether oxygens (including phenoxy) is 1. The average molecular weight is 346 g/mol. The van der Waals surface area contributed by atoms with Gasteiger partial charge in [0.15, 0.2) is 5.82 Å². The summed E-state index contributed by atoms with van der Waals surface area (Å²) in [5.41, 5.74) is 0. The molecule has 1 aliphatic heterocycles. The number of anilines is 1. The van der Waals surface area contributed by atoms with Crippen LogP contribution in [0.5, 0.6) is 5.88 Å². The number of carbonyl (C=O) groups is 1. The maximum atomic E-state index is 11.9. The molecule has 2 fully saturated rings. The van der Waals surface area contributed by atoms with E-state index < -0.39 is 0 Å². The number of nitrogens with zero attached hydrogens (tertiary/aromatic N) is 4. The van der Waals surface area contributed by atoms with Gasteiger partial charge < -0.3 is 14.5 Å². The minimum absolute atomic E-state index is 0.223. The molecule has 1 aliphatic carbocycles. The van der Waals surface area contributed by atoms with Crippen LogP contribution in [0, 0.1) is 11.8 Å². The summed E-state index contributed by atoms with van der Waals surface area (Å²) in [6.07, 6.45) is 11.4. The molecule has 0 N–H and O–H groups in total. The van der Waals surface area contributed by atoms with Gasteiger partial charge in [-0.15, -0.1) is 0 Å². The summed E-state index contributed by atoms with van der Waals surface area (Å²) in [5.74, 6) is 2.90. The Balaban J connectivity index is 1.49. The molecule has 0 bridgehead atoms. The van der Waals surface area contributed by atoms with Crippen molar-refractivity contribution in [1.29, 1.82) is 0 Å². The van der Waals surface area contributed by atoms with Gasteiger partial charge in [0, 0.05) is 33.6 Å². The Bertz CT molecular complexity index is 564. The zero-order valence-corrected chi connectivity index (χ0v) is 15.5. The van der Waals surface area contributed by atoms with Gasteiger partial charge in [-0.3, -0.25) is 9.78 Å². The Hall–Kier alpha value is -1.85. The number of amides is 1. The molecule has 1 aromatic heterocycles. The fraction of sp³-hybridized carbons (Fsp3) is 0.737. The van der Waals surface area contributed by atoms with E-state index >= 15 is 0 Å². The molecular formula is C19H30N4O2. The largest absolute Gasteiger partial charge is 0.476 e. The fourth-order valence-corrected chi connectivity index (χ4v) is 3.74. The van der Waals surface area contributed by atoms with Crippen molar-refractivity contribution in [3.05, 3.63) is 12.4 Å². The van der Waals surface area contributed by atoms with E-state index in [1.54, 1.807) is 11.1 Å². The minimum Gasteiger partial charge on any atom is -0.476 e. The number of hydrogen-bond acceptors (Lipinski definition) is 5. The molecule has 138 valence electrons. The average Bonchev–Trinajstić information content (AvgIpc) is 3.14. The number of carbonyl (C=O) groups excluding carboxylic acids is 1. The van der Waals surface area contributed by atoms with E-state index in [-0.39, 0.29) is 5.91 Å². The monoisotopic (exact) mass is 346 g/mol. The smallest absolute Gasteiger partial charge is 0.234 e. The molecule has 1 amide bonds. The topological polar surface area (TPSA) is 58.6 Å². The van der Waals surface area contributed by atoms with Crippen molar-refractivity contribution in [2.24, 2.45) is 11.8 Å². The molecule has 1 saturated heterocycles. The second-order valence-electron chi connectivity index (χ2n) is 7.60. The zero-order valence-electron chi connectivity index (χ0n) is 15.5. The molecule has 0 atom stereocenters. The molecule has 1 aromatic rings. The van der Waals surface area contributed by atoms with E-state index in [9.17, 15) is 4.79 Å². The standard InChI is InChI=1S/C19H30N4O2/c1-22(2)19(24)11-15-7-9-23(10-8-15)17-12-20-13-18(21-17)25-14-16-5-3-4-6-16/h12-13,15-16H,3-11,14H2,1-2H3. The van der Waals surface area contributed by atoms with Crippen LogP contribution >= 0.6 is 0 Å². The van der Waals surface area contributed by atoms with Crippen molar-refractivity contribution in [3.8, 4) is 5.88 Å². The molecule has 3 rings (SSSR count). The number of aromatic nitrogens is 2. The van der Waals surface area contributed by atoms with Gasteiger partial charge >= 0.3 is 0 Å². The lowest BCUT2D eigenvalue weighted by atomic mass is 9.93. The highest BCUT2D eigenvalue weighted by atomic mass is 16.5. The van der Waals surface area contributed by atoms with E-state index in [4.69, 9.17) is 4.74 Å². The maximum Gasteiger partial charge on any atom is 0.234 e. The normalized spacial score (nSPS) is 19.2. The first-order valence-corrected chi connectivity index (χ1v) is 9.52. The summed E-state index contributed by atoms with van der Waals surface area (Å²) < 4.78 is 5.87. The van der Waals surface area contributed by atoms with Crippen LogP contribution in [-0.2, 0) is 4.79 Å². The van der Waals surface area contributed by atoms with Gasteiger partial charge in [-0.05, 0) is 37.5 Å². The highest BCUT2D eigenvalue weighted by Crippen LogP contribution is 2.27. The van der Waals surface area contributed by atoms with Crippen LogP contribution in [0.1, 0.15) is 44.9 Å². The summed E-state index contributed by atoms with van der Waals surface area (Å²) in [6, 6.07) is 0. The van der Waals surface area contributed by atoms with Gasteiger partial charge in [0.2, 0.25) is 11.8 Å². The number of piperidine rings is 1. The van der Waals surface area contributed by atoms with E-state index in [2.05, 4.69) is 14.9 Å². The van der Waals surface area contributed by atoms with Crippen molar-refractivity contribution >= 4 is 11.7 Å². The number of rotatable bonds is 6. The van der Waals surface area contributed by atoms with Gasteiger partial charge in [0.05, 0.1) is 19.0 Å². The summed E-state index contributed by atoms with van der Waals surface area (Å²) in [5, 5.41) is 0. The third kappa shape index (κ3) is 5.06. The lowest BCUT2D eigenvalue weighted by Crippen LogP contribution is -2.36. The summed E-state index contributed by atoms with van der Waals surface area (Å²) >= 11 is 0. The first-order chi connectivity index (χ1) is 12.1. The quantitative estimate of drug-likeness (QED) is 0.793. The first kappa shape index (κ1) is 18.0. The van der Waals surface area contributed by atoms with Gasteiger partial charge in [-0.25, -0.2) is 0 Å². The van der Waals surface area contributed by atoms with Crippen LogP contribution < -0.4 is 9.64 Å². The molecule has 1 saturated carbocycles. The Morgan fingerprint density at radius 2 is 1.88 bits per heavy atom. The Morgan fingerprint density at radius 3 is 2.56 bits per heavy atom. The van der Waals surface area contributed by atoms with Gasteiger partial charge in [0.25, 0.3) is 0 Å². The summed E-state index contributed by atoms with van der Waals surface area (Å²) in [4.78, 5) is 24.7. The third-order valence-electron chi connectivity index (χ3n) is 5.44. The van der Waals surface area contributed by atoms with Crippen LogP contribution in [0.4, 0.5) is 5.82 Å². The van der Waals surface area contributed by atoms with E-state index in [1.807, 2.05) is 20.3 Å². The van der Waals surface area contributed by atoms with Crippen LogP contribution in [0.15, 0.2) is 12.4 Å². The van der Waals surface area contributed by atoms with Crippen LogP contribution in [0.25, 0.3) is 0 Å².